The summed E-state index contributed by atoms with van der Waals surface area (Å²) in [5, 5.41) is 1.02. The van der Waals surface area contributed by atoms with E-state index in [-0.39, 0.29) is 5.91 Å². The van der Waals surface area contributed by atoms with Crippen LogP contribution in [-0.4, -0.2) is 31.0 Å². The molecule has 0 saturated carbocycles. The molecule has 0 spiro atoms. The molecule has 0 aliphatic carbocycles. The van der Waals surface area contributed by atoms with E-state index < -0.39 is 0 Å². The first-order valence-electron chi connectivity index (χ1n) is 10.7. The molecule has 3 aromatic rings. The molecule has 0 unspecified atom stereocenters. The van der Waals surface area contributed by atoms with Crippen molar-refractivity contribution in [3.63, 3.8) is 0 Å². The summed E-state index contributed by atoms with van der Waals surface area (Å²) in [5.41, 5.74) is 5.97. The van der Waals surface area contributed by atoms with Gasteiger partial charge in [-0.25, -0.2) is 0 Å². The first kappa shape index (κ1) is 20.3. The minimum absolute atomic E-state index is 0.0856. The van der Waals surface area contributed by atoms with Gasteiger partial charge in [0.05, 0.1) is 13.4 Å². The highest BCUT2D eigenvalue weighted by Crippen LogP contribution is 2.37. The maximum atomic E-state index is 12.9. The fourth-order valence-electron chi connectivity index (χ4n) is 4.13. The van der Waals surface area contributed by atoms with Gasteiger partial charge in [-0.1, -0.05) is 42.7 Å². The number of likely N-dealkylation sites (tertiary alicyclic amines) is 1. The number of furan rings is 1. The van der Waals surface area contributed by atoms with Crippen LogP contribution in [0.1, 0.15) is 43.7 Å². The fraction of sp³-hybridized carbons (Fsp3) is 0.346. The van der Waals surface area contributed by atoms with Crippen molar-refractivity contribution in [1.82, 2.24) is 4.90 Å². The lowest BCUT2D eigenvalue weighted by Crippen LogP contribution is -2.30. The summed E-state index contributed by atoms with van der Waals surface area (Å²) in [6.45, 7) is 5.75. The molecule has 1 amide bonds. The van der Waals surface area contributed by atoms with E-state index in [0.717, 1.165) is 59.2 Å². The molecule has 2 aromatic carbocycles. The van der Waals surface area contributed by atoms with Gasteiger partial charge in [0, 0.05) is 41.7 Å². The molecule has 0 atom stereocenters. The smallest absolute Gasteiger partial charge is 0.246 e. The Morgan fingerprint density at radius 1 is 1.07 bits per heavy atom. The molecule has 4 rings (SSSR count). The molecular weight excluding hydrogens is 374 g/mol. The van der Waals surface area contributed by atoms with Gasteiger partial charge in [-0.15, -0.1) is 0 Å². The highest BCUT2D eigenvalue weighted by Gasteiger charge is 2.17. The minimum Gasteiger partial charge on any atom is -0.496 e. The Hall–Kier alpha value is -3.01. The Labute approximate surface area is 178 Å². The molecule has 156 valence electrons. The Balaban J connectivity index is 1.72. The van der Waals surface area contributed by atoms with Crippen LogP contribution in [0.25, 0.3) is 27.7 Å². The zero-order chi connectivity index (χ0) is 21.1. The number of hydrogen-bond donors (Lipinski definition) is 0. The number of nitrogens with zero attached hydrogens (tertiary/aromatic N) is 1. The molecule has 0 bridgehead atoms. The Morgan fingerprint density at radius 3 is 2.43 bits per heavy atom. The summed E-state index contributed by atoms with van der Waals surface area (Å²) in [6.07, 6.45) is 8.13. The van der Waals surface area contributed by atoms with Gasteiger partial charge in [-0.3, -0.25) is 4.79 Å². The summed E-state index contributed by atoms with van der Waals surface area (Å²) in [4.78, 5) is 14.8. The summed E-state index contributed by atoms with van der Waals surface area (Å²) in [6, 6.07) is 12.4. The number of aryl methyl sites for hydroxylation is 1. The first-order chi connectivity index (χ1) is 14.6. The largest absolute Gasteiger partial charge is 0.496 e. The van der Waals surface area contributed by atoms with E-state index in [1.54, 1.807) is 19.4 Å². The van der Waals surface area contributed by atoms with Crippen LogP contribution < -0.4 is 4.74 Å². The lowest BCUT2D eigenvalue weighted by atomic mass is 9.98. The molecule has 1 fully saturated rings. The predicted molar refractivity (Wildman–Crippen MR) is 122 cm³/mol. The maximum Gasteiger partial charge on any atom is 0.246 e. The third kappa shape index (κ3) is 4.13. The van der Waals surface area contributed by atoms with Crippen LogP contribution in [0, 0.1) is 6.92 Å². The summed E-state index contributed by atoms with van der Waals surface area (Å²) in [7, 11) is 1.65. The molecule has 1 aliphatic heterocycles. The van der Waals surface area contributed by atoms with Crippen LogP contribution in [0.3, 0.4) is 0 Å². The Morgan fingerprint density at radius 2 is 1.77 bits per heavy atom. The molecular formula is C26H29NO3. The number of amides is 1. The second kappa shape index (κ2) is 8.78. The van der Waals surface area contributed by atoms with Crippen LogP contribution in [0.4, 0.5) is 0 Å². The van der Waals surface area contributed by atoms with Gasteiger partial charge in [0.15, 0.2) is 0 Å². The Bertz CT molecular complexity index is 1070. The molecule has 0 radical (unpaired) electrons. The van der Waals surface area contributed by atoms with E-state index in [0.29, 0.717) is 5.75 Å². The minimum atomic E-state index is 0.0856. The lowest BCUT2D eigenvalue weighted by molar-refractivity contribution is -0.125. The van der Waals surface area contributed by atoms with E-state index >= 15 is 0 Å². The lowest BCUT2D eigenvalue weighted by Gasteiger charge is -2.19. The van der Waals surface area contributed by atoms with Crippen molar-refractivity contribution in [1.29, 1.82) is 0 Å². The third-order valence-corrected chi connectivity index (χ3v) is 5.94. The number of carbonyl (C=O) groups excluding carboxylic acids is 1. The summed E-state index contributed by atoms with van der Waals surface area (Å²) < 4.78 is 11.5. The zero-order valence-electron chi connectivity index (χ0n) is 18.0. The van der Waals surface area contributed by atoms with Gasteiger partial charge in [0.25, 0.3) is 0 Å². The number of benzene rings is 2. The highest BCUT2D eigenvalue weighted by atomic mass is 16.5. The average Bonchev–Trinajstić information content (AvgIpc) is 2.96. The number of allylic oxidation sites excluding steroid dienone is 1. The van der Waals surface area contributed by atoms with Crippen molar-refractivity contribution >= 4 is 22.4 Å². The van der Waals surface area contributed by atoms with Crippen LogP contribution in [0.2, 0.25) is 0 Å². The van der Waals surface area contributed by atoms with E-state index in [1.165, 1.54) is 18.4 Å². The average molecular weight is 404 g/mol. The van der Waals surface area contributed by atoms with Gasteiger partial charge in [0.1, 0.15) is 11.3 Å². The van der Waals surface area contributed by atoms with Gasteiger partial charge in [-0.2, -0.15) is 0 Å². The van der Waals surface area contributed by atoms with Crippen molar-refractivity contribution in [3.8, 4) is 16.9 Å². The quantitative estimate of drug-likeness (QED) is 0.486. The summed E-state index contributed by atoms with van der Waals surface area (Å²) >= 11 is 0. The Kier molecular flexibility index (Phi) is 5.93. The van der Waals surface area contributed by atoms with Gasteiger partial charge in [-0.05, 0) is 43.9 Å². The maximum absolute atomic E-state index is 12.9. The molecule has 1 aliphatic rings. The van der Waals surface area contributed by atoms with Crippen molar-refractivity contribution in [2.75, 3.05) is 20.2 Å². The highest BCUT2D eigenvalue weighted by molar-refractivity contribution is 6.00. The number of ether oxygens (including phenoxy) is 1. The second-order valence-electron chi connectivity index (χ2n) is 8.13. The normalized spacial score (nSPS) is 15.3. The van der Waals surface area contributed by atoms with E-state index in [4.69, 9.17) is 9.15 Å². The number of methoxy groups -OCH3 is 1. The number of rotatable bonds is 4. The molecule has 1 aromatic heterocycles. The number of hydrogen-bond acceptors (Lipinski definition) is 3. The van der Waals surface area contributed by atoms with E-state index in [1.807, 2.05) is 17.9 Å². The van der Waals surface area contributed by atoms with Gasteiger partial charge >= 0.3 is 0 Å². The van der Waals surface area contributed by atoms with E-state index in [9.17, 15) is 4.79 Å². The fourth-order valence-corrected chi connectivity index (χ4v) is 4.13. The van der Waals surface area contributed by atoms with E-state index in [2.05, 4.69) is 37.3 Å². The van der Waals surface area contributed by atoms with Crippen molar-refractivity contribution < 1.29 is 13.9 Å². The molecule has 4 nitrogen and oxygen atoms in total. The van der Waals surface area contributed by atoms with Gasteiger partial charge in [0.2, 0.25) is 5.91 Å². The molecule has 1 saturated heterocycles. The van der Waals surface area contributed by atoms with Crippen LogP contribution in [0.15, 0.2) is 53.2 Å². The van der Waals surface area contributed by atoms with Crippen molar-refractivity contribution in [3.05, 3.63) is 59.9 Å². The first-order valence-corrected chi connectivity index (χ1v) is 10.7. The topological polar surface area (TPSA) is 42.7 Å². The number of carbonyl (C=O) groups is 1. The van der Waals surface area contributed by atoms with Crippen LogP contribution in [0.5, 0.6) is 5.75 Å². The van der Waals surface area contributed by atoms with Gasteiger partial charge < -0.3 is 14.1 Å². The van der Waals surface area contributed by atoms with Crippen molar-refractivity contribution in [2.24, 2.45) is 0 Å². The predicted octanol–water partition coefficient (Wildman–Crippen LogP) is 6.22. The number of fused-ring (bicyclic) bond motifs is 1. The molecule has 30 heavy (non-hydrogen) atoms. The zero-order valence-corrected chi connectivity index (χ0v) is 18.0. The second-order valence-corrected chi connectivity index (χ2v) is 8.13. The molecule has 2 heterocycles. The molecule has 0 N–H and O–H groups in total. The monoisotopic (exact) mass is 403 g/mol. The third-order valence-electron chi connectivity index (χ3n) is 5.94. The SMILES string of the molecule is COc1cc2occ(-c3ccc(C)cc3)c2cc1/C(C)=C/C(=O)N1CCCCCC1. The van der Waals surface area contributed by atoms with Crippen LogP contribution in [-0.2, 0) is 4.79 Å². The van der Waals surface area contributed by atoms with Crippen molar-refractivity contribution in [2.45, 2.75) is 39.5 Å². The van der Waals surface area contributed by atoms with Crippen LogP contribution >= 0.6 is 0 Å². The summed E-state index contributed by atoms with van der Waals surface area (Å²) in [5.74, 6) is 0.798. The standard InChI is InChI=1S/C26H29NO3/c1-18-8-10-20(11-9-18)23-17-30-25-16-24(29-3)21(15-22(23)25)19(2)14-26(28)27-12-6-4-5-7-13-27/h8-11,14-17H,4-7,12-13H2,1-3H3/b19-14+. The molecule has 4 heteroatoms.